The van der Waals surface area contributed by atoms with Crippen molar-refractivity contribution in [1.82, 2.24) is 20.3 Å². The number of pyridine rings is 1. The molecule has 0 spiro atoms. The second kappa shape index (κ2) is 7.02. The highest BCUT2D eigenvalue weighted by atomic mass is 16.2. The average Bonchev–Trinajstić information content (AvgIpc) is 3.00. The summed E-state index contributed by atoms with van der Waals surface area (Å²) < 4.78 is 0. The highest BCUT2D eigenvalue weighted by molar-refractivity contribution is 5.82. The summed E-state index contributed by atoms with van der Waals surface area (Å²) in [5.74, 6) is 1.46. The summed E-state index contributed by atoms with van der Waals surface area (Å²) in [6, 6.07) is 5.86. The topological polar surface area (TPSA) is 71.0 Å². The first kappa shape index (κ1) is 18.3. The number of hydrogen-bond acceptors (Lipinski definition) is 5. The quantitative estimate of drug-likeness (QED) is 0.915. The van der Waals surface area contributed by atoms with E-state index in [-0.39, 0.29) is 18.0 Å². The van der Waals surface area contributed by atoms with Gasteiger partial charge in [-0.25, -0.2) is 15.0 Å². The monoisotopic (exact) mass is 353 g/mol. The lowest BCUT2D eigenvalue weighted by atomic mass is 10.1. The maximum absolute atomic E-state index is 12.3. The number of anilines is 1. The molecular formula is C20H27N5O. The number of aryl methyl sites for hydroxylation is 2. The Balaban J connectivity index is 1.92. The Morgan fingerprint density at radius 3 is 2.65 bits per heavy atom. The molecule has 6 nitrogen and oxygen atoms in total. The van der Waals surface area contributed by atoms with Crippen molar-refractivity contribution in [2.75, 3.05) is 18.5 Å². The van der Waals surface area contributed by atoms with Gasteiger partial charge in [0.05, 0.1) is 6.54 Å². The van der Waals surface area contributed by atoms with Crippen molar-refractivity contribution in [2.24, 2.45) is 0 Å². The van der Waals surface area contributed by atoms with Crippen molar-refractivity contribution in [2.45, 2.75) is 52.5 Å². The van der Waals surface area contributed by atoms with Gasteiger partial charge in [-0.3, -0.25) is 4.79 Å². The molecule has 0 saturated heterocycles. The van der Waals surface area contributed by atoms with Gasteiger partial charge in [0.1, 0.15) is 11.5 Å². The summed E-state index contributed by atoms with van der Waals surface area (Å²) >= 11 is 0. The fourth-order valence-electron chi connectivity index (χ4n) is 3.26. The van der Waals surface area contributed by atoms with Crippen LogP contribution in [0.15, 0.2) is 18.2 Å². The second-order valence-corrected chi connectivity index (χ2v) is 7.97. The van der Waals surface area contributed by atoms with Gasteiger partial charge in [-0.05, 0) is 59.1 Å². The van der Waals surface area contributed by atoms with E-state index in [4.69, 9.17) is 9.97 Å². The van der Waals surface area contributed by atoms with E-state index in [1.165, 1.54) is 0 Å². The summed E-state index contributed by atoms with van der Waals surface area (Å²) in [7, 11) is 1.91. The van der Waals surface area contributed by atoms with Gasteiger partial charge in [0.2, 0.25) is 5.91 Å². The number of rotatable bonds is 4. The second-order valence-electron chi connectivity index (χ2n) is 7.97. The van der Waals surface area contributed by atoms with Crippen LogP contribution in [0.5, 0.6) is 0 Å². The summed E-state index contributed by atoms with van der Waals surface area (Å²) in [5, 5.41) is 3.00. The van der Waals surface area contributed by atoms with E-state index in [1.54, 1.807) is 0 Å². The third kappa shape index (κ3) is 4.18. The molecule has 0 aliphatic heterocycles. The van der Waals surface area contributed by atoms with Gasteiger partial charge < -0.3 is 10.2 Å². The predicted molar refractivity (Wildman–Crippen MR) is 103 cm³/mol. The molecule has 0 atom stereocenters. The van der Waals surface area contributed by atoms with Crippen molar-refractivity contribution in [3.63, 3.8) is 0 Å². The summed E-state index contributed by atoms with van der Waals surface area (Å²) in [6.45, 7) is 8.17. The first-order valence-corrected chi connectivity index (χ1v) is 9.09. The van der Waals surface area contributed by atoms with Crippen molar-refractivity contribution in [3.05, 3.63) is 35.2 Å². The molecule has 0 bridgehead atoms. The average molecular weight is 353 g/mol. The number of amides is 1. The molecule has 1 aliphatic rings. The molecule has 2 aromatic heterocycles. The zero-order valence-corrected chi connectivity index (χ0v) is 16.3. The zero-order valence-electron chi connectivity index (χ0n) is 16.3. The Hall–Kier alpha value is -2.50. The van der Waals surface area contributed by atoms with E-state index in [2.05, 4.69) is 10.3 Å². The minimum atomic E-state index is -0.248. The Bertz CT molecular complexity index is 825. The number of hydrogen-bond donors (Lipinski definition) is 1. The molecule has 0 unspecified atom stereocenters. The van der Waals surface area contributed by atoms with Gasteiger partial charge in [-0.15, -0.1) is 0 Å². The molecule has 138 valence electrons. The van der Waals surface area contributed by atoms with Gasteiger partial charge in [0.15, 0.2) is 5.82 Å². The normalized spacial score (nSPS) is 13.4. The molecule has 0 saturated carbocycles. The minimum absolute atomic E-state index is 0.0133. The van der Waals surface area contributed by atoms with Gasteiger partial charge in [-0.2, -0.15) is 0 Å². The van der Waals surface area contributed by atoms with Crippen LogP contribution in [-0.2, 0) is 17.6 Å². The number of nitrogens with zero attached hydrogens (tertiary/aromatic N) is 4. The highest BCUT2D eigenvalue weighted by Gasteiger charge is 2.24. The van der Waals surface area contributed by atoms with Crippen LogP contribution in [0.1, 0.15) is 44.1 Å². The van der Waals surface area contributed by atoms with Crippen molar-refractivity contribution in [3.8, 4) is 11.5 Å². The third-order valence-electron chi connectivity index (χ3n) is 4.29. The summed E-state index contributed by atoms with van der Waals surface area (Å²) in [5.41, 5.74) is 3.70. The van der Waals surface area contributed by atoms with Crippen LogP contribution in [0.2, 0.25) is 0 Å². The number of nitrogens with one attached hydrogen (secondary N) is 1. The lowest BCUT2D eigenvalue weighted by Crippen LogP contribution is -2.45. The van der Waals surface area contributed by atoms with E-state index in [9.17, 15) is 4.79 Å². The first-order valence-electron chi connectivity index (χ1n) is 9.09. The Kier molecular flexibility index (Phi) is 4.94. The molecule has 6 heteroatoms. The third-order valence-corrected chi connectivity index (χ3v) is 4.29. The molecule has 3 rings (SSSR count). The predicted octanol–water partition coefficient (Wildman–Crippen LogP) is 2.69. The van der Waals surface area contributed by atoms with Crippen LogP contribution in [-0.4, -0.2) is 40.0 Å². The molecule has 0 radical (unpaired) electrons. The number of likely N-dealkylation sites (N-methyl/N-ethyl adjacent to an activating group) is 1. The van der Waals surface area contributed by atoms with Crippen molar-refractivity contribution in [1.29, 1.82) is 0 Å². The maximum atomic E-state index is 12.3. The summed E-state index contributed by atoms with van der Waals surface area (Å²) in [4.78, 5) is 28.3. The lowest BCUT2D eigenvalue weighted by molar-refractivity contribution is -0.121. The van der Waals surface area contributed by atoms with E-state index in [0.717, 1.165) is 47.7 Å². The standard InChI is InChI=1S/C20H27N5O/c1-13-8-6-11-16(21-13)18-22-15-10-7-9-14(15)19(23-18)25(5)12-17(26)24-20(2,3)4/h6,8,11H,7,9-10,12H2,1-5H3,(H,24,26). The fraction of sp³-hybridized carbons (Fsp3) is 0.500. The highest BCUT2D eigenvalue weighted by Crippen LogP contribution is 2.30. The smallest absolute Gasteiger partial charge is 0.239 e. The maximum Gasteiger partial charge on any atom is 0.239 e. The molecule has 1 N–H and O–H groups in total. The zero-order chi connectivity index (χ0) is 18.9. The molecule has 1 amide bonds. The molecule has 26 heavy (non-hydrogen) atoms. The lowest BCUT2D eigenvalue weighted by Gasteiger charge is -2.25. The molecule has 0 fully saturated rings. The fourth-order valence-corrected chi connectivity index (χ4v) is 3.26. The van der Waals surface area contributed by atoms with E-state index >= 15 is 0 Å². The molecule has 1 aliphatic carbocycles. The molecular weight excluding hydrogens is 326 g/mol. The molecule has 2 aromatic rings. The Morgan fingerprint density at radius 1 is 1.19 bits per heavy atom. The number of fused-ring (bicyclic) bond motifs is 1. The van der Waals surface area contributed by atoms with Crippen LogP contribution >= 0.6 is 0 Å². The van der Waals surface area contributed by atoms with Gasteiger partial charge in [0.25, 0.3) is 0 Å². The van der Waals surface area contributed by atoms with Crippen LogP contribution in [0.4, 0.5) is 5.82 Å². The van der Waals surface area contributed by atoms with Crippen LogP contribution in [0.3, 0.4) is 0 Å². The number of carbonyl (C=O) groups excluding carboxylic acids is 1. The van der Waals surface area contributed by atoms with Gasteiger partial charge in [0, 0.05) is 29.5 Å². The number of aromatic nitrogens is 3. The van der Waals surface area contributed by atoms with Crippen molar-refractivity contribution < 1.29 is 4.79 Å². The van der Waals surface area contributed by atoms with Crippen LogP contribution in [0, 0.1) is 6.92 Å². The first-order chi connectivity index (χ1) is 12.2. The Morgan fingerprint density at radius 2 is 1.96 bits per heavy atom. The van der Waals surface area contributed by atoms with E-state index < -0.39 is 0 Å². The van der Waals surface area contributed by atoms with Crippen LogP contribution in [0.25, 0.3) is 11.5 Å². The van der Waals surface area contributed by atoms with Crippen molar-refractivity contribution >= 4 is 11.7 Å². The van der Waals surface area contributed by atoms with Gasteiger partial charge >= 0.3 is 0 Å². The Labute approximate surface area is 155 Å². The van der Waals surface area contributed by atoms with Gasteiger partial charge in [-0.1, -0.05) is 6.07 Å². The molecule has 0 aromatic carbocycles. The van der Waals surface area contributed by atoms with E-state index in [0.29, 0.717) is 5.82 Å². The summed E-state index contributed by atoms with van der Waals surface area (Å²) in [6.07, 6.45) is 2.98. The van der Waals surface area contributed by atoms with Crippen LogP contribution < -0.4 is 10.2 Å². The minimum Gasteiger partial charge on any atom is -0.350 e. The largest absolute Gasteiger partial charge is 0.350 e. The van der Waals surface area contributed by atoms with E-state index in [1.807, 2.05) is 57.8 Å². The molecule has 2 heterocycles. The number of carbonyl (C=O) groups is 1. The SMILES string of the molecule is Cc1cccc(-c2nc3c(c(N(C)CC(=O)NC(C)(C)C)n2)CCC3)n1.